The number of aromatic nitrogens is 2. The summed E-state index contributed by atoms with van der Waals surface area (Å²) in [5.74, 6) is 0. The number of hydrogen-bond acceptors (Lipinski definition) is 2. The zero-order chi connectivity index (χ0) is 14.2. The maximum Gasteiger partial charge on any atom is 0.116 e. The van der Waals surface area contributed by atoms with Crippen molar-refractivity contribution < 1.29 is 0 Å². The average molecular weight is 270 g/mol. The molecule has 0 unspecified atom stereocenters. The molecular formula is C19H14N2. The molecule has 100 valence electrons. The van der Waals surface area contributed by atoms with Crippen LogP contribution in [0, 0.1) is 6.92 Å². The quantitative estimate of drug-likeness (QED) is 0.466. The lowest BCUT2D eigenvalue weighted by molar-refractivity contribution is 1.23. The van der Waals surface area contributed by atoms with Gasteiger partial charge in [-0.15, -0.1) is 0 Å². The summed E-state index contributed by atoms with van der Waals surface area (Å²) in [7, 11) is 0. The monoisotopic (exact) mass is 270 g/mol. The Morgan fingerprint density at radius 2 is 1.57 bits per heavy atom. The molecule has 0 aliphatic heterocycles. The summed E-state index contributed by atoms with van der Waals surface area (Å²) < 4.78 is 0. The smallest absolute Gasteiger partial charge is 0.116 e. The highest BCUT2D eigenvalue weighted by Gasteiger charge is 2.08. The number of nitrogens with zero attached hydrogens (tertiary/aromatic N) is 2. The number of rotatable bonds is 1. The van der Waals surface area contributed by atoms with Gasteiger partial charge in [0.2, 0.25) is 0 Å². The lowest BCUT2D eigenvalue weighted by Crippen LogP contribution is -1.90. The van der Waals surface area contributed by atoms with Crippen LogP contribution in [-0.2, 0) is 0 Å². The van der Waals surface area contributed by atoms with Crippen LogP contribution in [0.1, 0.15) is 5.56 Å². The molecule has 21 heavy (non-hydrogen) atoms. The zero-order valence-corrected chi connectivity index (χ0v) is 11.7. The summed E-state index contributed by atoms with van der Waals surface area (Å²) in [5.41, 5.74) is 4.38. The lowest BCUT2D eigenvalue weighted by Gasteiger charge is -2.08. The molecule has 1 heterocycles. The van der Waals surface area contributed by atoms with E-state index in [1.54, 1.807) is 6.33 Å². The third-order valence-electron chi connectivity index (χ3n) is 3.82. The second-order valence-corrected chi connectivity index (χ2v) is 5.27. The van der Waals surface area contributed by atoms with E-state index >= 15 is 0 Å². The zero-order valence-electron chi connectivity index (χ0n) is 11.7. The van der Waals surface area contributed by atoms with Crippen molar-refractivity contribution in [1.82, 2.24) is 9.97 Å². The minimum Gasteiger partial charge on any atom is -0.236 e. The van der Waals surface area contributed by atoms with Gasteiger partial charge >= 0.3 is 0 Å². The molecule has 0 radical (unpaired) electrons. The van der Waals surface area contributed by atoms with Crippen LogP contribution >= 0.6 is 0 Å². The van der Waals surface area contributed by atoms with E-state index in [1.807, 2.05) is 18.2 Å². The van der Waals surface area contributed by atoms with Crippen molar-refractivity contribution in [3.05, 3.63) is 72.6 Å². The summed E-state index contributed by atoms with van der Waals surface area (Å²) in [6.45, 7) is 2.11. The van der Waals surface area contributed by atoms with Crippen molar-refractivity contribution >= 4 is 21.7 Å². The second-order valence-electron chi connectivity index (χ2n) is 5.27. The number of hydrogen-bond donors (Lipinski definition) is 0. The highest BCUT2D eigenvalue weighted by atomic mass is 14.8. The minimum absolute atomic E-state index is 0.990. The Morgan fingerprint density at radius 1 is 0.762 bits per heavy atom. The molecule has 0 N–H and O–H groups in total. The van der Waals surface area contributed by atoms with Gasteiger partial charge in [0.15, 0.2) is 0 Å². The van der Waals surface area contributed by atoms with Gasteiger partial charge in [0, 0.05) is 16.3 Å². The Balaban J connectivity index is 2.11. The van der Waals surface area contributed by atoms with Gasteiger partial charge in [0.05, 0.1) is 11.2 Å². The Hall–Kier alpha value is -2.74. The van der Waals surface area contributed by atoms with Crippen LogP contribution in [0.4, 0.5) is 0 Å². The molecule has 4 rings (SSSR count). The van der Waals surface area contributed by atoms with Crippen molar-refractivity contribution in [3.63, 3.8) is 0 Å². The van der Waals surface area contributed by atoms with Crippen molar-refractivity contribution in [2.75, 3.05) is 0 Å². The topological polar surface area (TPSA) is 25.8 Å². The Kier molecular flexibility index (Phi) is 2.68. The van der Waals surface area contributed by atoms with Crippen molar-refractivity contribution in [2.45, 2.75) is 6.92 Å². The van der Waals surface area contributed by atoms with Crippen molar-refractivity contribution in [2.24, 2.45) is 0 Å². The first kappa shape index (κ1) is 12.0. The third kappa shape index (κ3) is 1.96. The SMILES string of the molecule is Cc1ccc2ccc3c(-c4ccccc4)ncnc3c2c1. The van der Waals surface area contributed by atoms with Gasteiger partial charge in [-0.25, -0.2) is 9.97 Å². The van der Waals surface area contributed by atoms with E-state index in [2.05, 4.69) is 59.4 Å². The number of fused-ring (bicyclic) bond motifs is 3. The van der Waals surface area contributed by atoms with E-state index in [9.17, 15) is 0 Å². The molecule has 0 fully saturated rings. The van der Waals surface area contributed by atoms with Gasteiger partial charge in [-0.3, -0.25) is 0 Å². The van der Waals surface area contributed by atoms with E-state index in [1.165, 1.54) is 16.3 Å². The van der Waals surface area contributed by atoms with Gasteiger partial charge in [-0.2, -0.15) is 0 Å². The fourth-order valence-electron chi connectivity index (χ4n) is 2.79. The van der Waals surface area contributed by atoms with E-state index in [-0.39, 0.29) is 0 Å². The molecule has 2 heteroatoms. The van der Waals surface area contributed by atoms with Crippen LogP contribution in [0.5, 0.6) is 0 Å². The summed E-state index contributed by atoms with van der Waals surface area (Å²) in [5, 5.41) is 3.50. The molecule has 4 aromatic rings. The van der Waals surface area contributed by atoms with E-state index in [0.29, 0.717) is 0 Å². The molecule has 0 aliphatic carbocycles. The largest absolute Gasteiger partial charge is 0.236 e. The Morgan fingerprint density at radius 3 is 2.43 bits per heavy atom. The van der Waals surface area contributed by atoms with E-state index < -0.39 is 0 Å². The maximum atomic E-state index is 4.53. The highest BCUT2D eigenvalue weighted by Crippen LogP contribution is 2.30. The maximum absolute atomic E-state index is 4.53. The molecule has 3 aromatic carbocycles. The predicted molar refractivity (Wildman–Crippen MR) is 87.2 cm³/mol. The first-order valence-corrected chi connectivity index (χ1v) is 7.02. The molecule has 1 aromatic heterocycles. The Labute approximate surface area is 123 Å². The summed E-state index contributed by atoms with van der Waals surface area (Å²) in [6, 6.07) is 21.0. The summed E-state index contributed by atoms with van der Waals surface area (Å²) in [4.78, 5) is 9.02. The summed E-state index contributed by atoms with van der Waals surface area (Å²) >= 11 is 0. The van der Waals surface area contributed by atoms with E-state index in [0.717, 1.165) is 22.2 Å². The van der Waals surface area contributed by atoms with Crippen molar-refractivity contribution in [1.29, 1.82) is 0 Å². The fraction of sp³-hybridized carbons (Fsp3) is 0.0526. The molecular weight excluding hydrogens is 256 g/mol. The molecule has 0 atom stereocenters. The summed E-state index contributed by atoms with van der Waals surface area (Å²) in [6.07, 6.45) is 1.66. The number of aryl methyl sites for hydroxylation is 1. The fourth-order valence-corrected chi connectivity index (χ4v) is 2.79. The van der Waals surface area contributed by atoms with Gasteiger partial charge < -0.3 is 0 Å². The molecule has 0 bridgehead atoms. The molecule has 0 aliphatic rings. The van der Waals surface area contributed by atoms with Crippen LogP contribution in [0.2, 0.25) is 0 Å². The standard InChI is InChI=1S/C19H14N2/c1-13-7-8-14-9-10-16-18(15-5-3-2-4-6-15)20-12-21-19(16)17(14)11-13/h2-12H,1H3. The van der Waals surface area contributed by atoms with E-state index in [4.69, 9.17) is 0 Å². The predicted octanol–water partition coefficient (Wildman–Crippen LogP) is 4.76. The van der Waals surface area contributed by atoms with Gasteiger partial charge in [0.1, 0.15) is 6.33 Å². The molecule has 0 saturated carbocycles. The minimum atomic E-state index is 0.990. The van der Waals surface area contributed by atoms with Gasteiger partial charge in [-0.1, -0.05) is 54.1 Å². The van der Waals surface area contributed by atoms with Crippen molar-refractivity contribution in [3.8, 4) is 11.3 Å². The van der Waals surface area contributed by atoms with Crippen LogP contribution in [0.25, 0.3) is 32.9 Å². The first-order chi connectivity index (χ1) is 10.3. The first-order valence-electron chi connectivity index (χ1n) is 7.02. The molecule has 0 amide bonds. The van der Waals surface area contributed by atoms with Gasteiger partial charge in [0.25, 0.3) is 0 Å². The molecule has 0 saturated heterocycles. The van der Waals surface area contributed by atoms with Crippen LogP contribution in [-0.4, -0.2) is 9.97 Å². The molecule has 2 nitrogen and oxygen atoms in total. The van der Waals surface area contributed by atoms with Crippen LogP contribution in [0.15, 0.2) is 67.0 Å². The molecule has 0 spiro atoms. The highest BCUT2D eigenvalue weighted by molar-refractivity contribution is 6.09. The van der Waals surface area contributed by atoms with Crippen LogP contribution in [0.3, 0.4) is 0 Å². The number of benzene rings is 3. The van der Waals surface area contributed by atoms with Gasteiger partial charge in [-0.05, 0) is 24.4 Å². The Bertz CT molecular complexity index is 943. The normalized spacial score (nSPS) is 11.1. The lowest BCUT2D eigenvalue weighted by atomic mass is 10.0. The third-order valence-corrected chi connectivity index (χ3v) is 3.82. The second kappa shape index (κ2) is 4.67. The van der Waals surface area contributed by atoms with Crippen LogP contribution < -0.4 is 0 Å². The average Bonchev–Trinajstić information content (AvgIpc) is 2.55.